The van der Waals surface area contributed by atoms with Crippen LogP contribution in [0.1, 0.15) is 47.0 Å². The van der Waals surface area contributed by atoms with Crippen LogP contribution in [0.4, 0.5) is 0 Å². The fraction of sp³-hybridized carbons (Fsp3) is 0.737. The van der Waals surface area contributed by atoms with E-state index in [1.165, 1.54) is 0 Å². The first kappa shape index (κ1) is 28.7. The molecule has 0 aliphatic carbocycles. The van der Waals surface area contributed by atoms with Gasteiger partial charge in [0.15, 0.2) is 0 Å². The minimum atomic E-state index is -1.35. The zero-order valence-corrected chi connectivity index (χ0v) is 19.3. The van der Waals surface area contributed by atoms with Gasteiger partial charge in [0.25, 0.3) is 0 Å². The molecular formula is C19H35N5O6S. The Morgan fingerprint density at radius 2 is 1.48 bits per heavy atom. The number of thiol groups is 1. The fourth-order valence-electron chi connectivity index (χ4n) is 2.57. The molecule has 0 saturated carbocycles. The van der Waals surface area contributed by atoms with E-state index in [4.69, 9.17) is 11.5 Å². The van der Waals surface area contributed by atoms with Crippen molar-refractivity contribution in [3.05, 3.63) is 0 Å². The summed E-state index contributed by atoms with van der Waals surface area (Å²) in [6.45, 7) is 7.17. The number of amides is 4. The van der Waals surface area contributed by atoms with Crippen LogP contribution in [0, 0.1) is 11.8 Å². The second-order valence-electron chi connectivity index (χ2n) is 7.79. The Morgan fingerprint density at radius 1 is 0.935 bits per heavy atom. The molecule has 0 aliphatic heterocycles. The molecule has 0 aromatic heterocycles. The van der Waals surface area contributed by atoms with Gasteiger partial charge in [-0.2, -0.15) is 12.6 Å². The highest BCUT2D eigenvalue weighted by Gasteiger charge is 2.31. The van der Waals surface area contributed by atoms with Crippen LogP contribution in [0.25, 0.3) is 0 Å². The van der Waals surface area contributed by atoms with E-state index in [2.05, 4.69) is 28.6 Å². The maximum atomic E-state index is 12.7. The predicted molar refractivity (Wildman–Crippen MR) is 118 cm³/mol. The molecule has 0 radical (unpaired) electrons. The van der Waals surface area contributed by atoms with Crippen molar-refractivity contribution >= 4 is 42.2 Å². The Bertz CT molecular complexity index is 660. The lowest BCUT2D eigenvalue weighted by Gasteiger charge is -2.27. The first-order valence-electron chi connectivity index (χ1n) is 10.1. The highest BCUT2D eigenvalue weighted by atomic mass is 32.1. The maximum absolute atomic E-state index is 12.7. The second-order valence-corrected chi connectivity index (χ2v) is 8.15. The SMILES string of the molecule is CCC(C)C(N)C(=O)NC(C(=O)NC(CS)C(=O)NC(CCC(N)=O)C(=O)O)C(C)C. The number of hydrogen-bond acceptors (Lipinski definition) is 7. The molecule has 12 heteroatoms. The van der Waals surface area contributed by atoms with E-state index in [-0.39, 0.29) is 30.4 Å². The van der Waals surface area contributed by atoms with Gasteiger partial charge in [0.05, 0.1) is 6.04 Å². The van der Waals surface area contributed by atoms with Gasteiger partial charge >= 0.3 is 5.97 Å². The van der Waals surface area contributed by atoms with E-state index in [0.29, 0.717) is 6.42 Å². The summed E-state index contributed by atoms with van der Waals surface area (Å²) < 4.78 is 0. The van der Waals surface area contributed by atoms with Crippen molar-refractivity contribution in [2.24, 2.45) is 23.3 Å². The zero-order valence-electron chi connectivity index (χ0n) is 18.4. The first-order valence-corrected chi connectivity index (χ1v) is 10.8. The first-order chi connectivity index (χ1) is 14.3. The van der Waals surface area contributed by atoms with E-state index in [9.17, 15) is 29.1 Å². The van der Waals surface area contributed by atoms with Gasteiger partial charge in [-0.05, 0) is 18.3 Å². The number of carbonyl (C=O) groups excluding carboxylic acids is 4. The second kappa shape index (κ2) is 13.9. The normalized spacial score (nSPS) is 15.8. The van der Waals surface area contributed by atoms with E-state index >= 15 is 0 Å². The number of carboxylic acid groups (broad SMARTS) is 1. The highest BCUT2D eigenvalue weighted by molar-refractivity contribution is 7.80. The standard InChI is InChI=1S/C19H35N5O6S/c1-5-10(4)14(21)17(27)24-15(9(2)3)18(28)23-12(8-31)16(26)22-11(19(29)30)6-7-13(20)25/h9-12,14-15,31H,5-8,21H2,1-4H3,(H2,20,25)(H,22,26)(H,23,28)(H,24,27)(H,29,30). The molecule has 31 heavy (non-hydrogen) atoms. The average Bonchev–Trinajstić information content (AvgIpc) is 2.70. The summed E-state index contributed by atoms with van der Waals surface area (Å²) in [6.07, 6.45) is 0.268. The lowest BCUT2D eigenvalue weighted by molar-refractivity contribution is -0.142. The van der Waals surface area contributed by atoms with Gasteiger partial charge < -0.3 is 32.5 Å². The van der Waals surface area contributed by atoms with Crippen molar-refractivity contribution in [3.63, 3.8) is 0 Å². The van der Waals surface area contributed by atoms with Crippen LogP contribution < -0.4 is 27.4 Å². The Hall–Kier alpha value is -2.34. The third-order valence-electron chi connectivity index (χ3n) is 4.92. The fourth-order valence-corrected chi connectivity index (χ4v) is 2.83. The Kier molecular flexibility index (Phi) is 12.8. The number of carbonyl (C=O) groups is 5. The van der Waals surface area contributed by atoms with Crippen LogP contribution in [0.15, 0.2) is 0 Å². The number of nitrogens with one attached hydrogen (secondary N) is 3. The zero-order chi connectivity index (χ0) is 24.3. The van der Waals surface area contributed by atoms with Crippen molar-refractivity contribution in [1.82, 2.24) is 16.0 Å². The maximum Gasteiger partial charge on any atom is 0.326 e. The van der Waals surface area contributed by atoms with E-state index in [0.717, 1.165) is 0 Å². The molecule has 0 heterocycles. The van der Waals surface area contributed by atoms with Gasteiger partial charge in [-0.3, -0.25) is 19.2 Å². The minimum absolute atomic E-state index is 0.0832. The van der Waals surface area contributed by atoms with Gasteiger partial charge in [0, 0.05) is 12.2 Å². The Labute approximate surface area is 187 Å². The molecule has 8 N–H and O–H groups in total. The topological polar surface area (TPSA) is 194 Å². The van der Waals surface area contributed by atoms with E-state index in [1.807, 2.05) is 13.8 Å². The third-order valence-corrected chi connectivity index (χ3v) is 5.28. The molecule has 0 fully saturated rings. The minimum Gasteiger partial charge on any atom is -0.480 e. The molecule has 0 spiro atoms. The van der Waals surface area contributed by atoms with Crippen LogP contribution in [-0.2, 0) is 24.0 Å². The molecule has 0 aliphatic rings. The van der Waals surface area contributed by atoms with Crippen LogP contribution in [0.5, 0.6) is 0 Å². The molecule has 0 bridgehead atoms. The highest BCUT2D eigenvalue weighted by Crippen LogP contribution is 2.08. The quantitative estimate of drug-likeness (QED) is 0.157. The lowest BCUT2D eigenvalue weighted by atomic mass is 9.97. The molecule has 5 atom stereocenters. The number of primary amides is 1. The smallest absolute Gasteiger partial charge is 0.326 e. The van der Waals surface area contributed by atoms with Crippen molar-refractivity contribution in [1.29, 1.82) is 0 Å². The lowest BCUT2D eigenvalue weighted by Crippen LogP contribution is -2.59. The largest absolute Gasteiger partial charge is 0.480 e. The van der Waals surface area contributed by atoms with Gasteiger partial charge in [0.1, 0.15) is 18.1 Å². The number of nitrogens with two attached hydrogens (primary N) is 2. The van der Waals surface area contributed by atoms with Crippen LogP contribution in [0.3, 0.4) is 0 Å². The number of rotatable bonds is 14. The van der Waals surface area contributed by atoms with E-state index in [1.54, 1.807) is 13.8 Å². The molecule has 5 unspecified atom stereocenters. The molecule has 0 saturated heterocycles. The average molecular weight is 462 g/mol. The van der Waals surface area contributed by atoms with Crippen molar-refractivity contribution in [3.8, 4) is 0 Å². The number of carboxylic acids is 1. The van der Waals surface area contributed by atoms with Gasteiger partial charge in [-0.1, -0.05) is 34.1 Å². The van der Waals surface area contributed by atoms with Gasteiger partial charge in [0.2, 0.25) is 23.6 Å². The Balaban J connectivity index is 5.20. The summed E-state index contributed by atoms with van der Waals surface area (Å²) >= 11 is 4.05. The summed E-state index contributed by atoms with van der Waals surface area (Å²) in [4.78, 5) is 59.8. The van der Waals surface area contributed by atoms with Crippen molar-refractivity contribution in [2.75, 3.05) is 5.75 Å². The Morgan fingerprint density at radius 3 is 1.90 bits per heavy atom. The number of aliphatic carboxylic acids is 1. The molecule has 0 rings (SSSR count). The van der Waals surface area contributed by atoms with Gasteiger partial charge in [-0.15, -0.1) is 0 Å². The molecule has 0 aromatic rings. The third kappa shape index (κ3) is 10.0. The molecular weight excluding hydrogens is 426 g/mol. The molecule has 178 valence electrons. The number of hydrogen-bond donors (Lipinski definition) is 7. The molecule has 0 aromatic carbocycles. The van der Waals surface area contributed by atoms with Gasteiger partial charge in [-0.25, -0.2) is 4.79 Å². The monoisotopic (exact) mass is 461 g/mol. The van der Waals surface area contributed by atoms with Crippen LogP contribution in [-0.4, -0.2) is 64.6 Å². The van der Waals surface area contributed by atoms with Crippen molar-refractivity contribution < 1.29 is 29.1 Å². The summed E-state index contributed by atoms with van der Waals surface area (Å²) in [5.41, 5.74) is 10.9. The molecule has 4 amide bonds. The van der Waals surface area contributed by atoms with Crippen LogP contribution in [0.2, 0.25) is 0 Å². The van der Waals surface area contributed by atoms with E-state index < -0.39 is 53.8 Å². The summed E-state index contributed by atoms with van der Waals surface area (Å²) in [5, 5.41) is 16.6. The summed E-state index contributed by atoms with van der Waals surface area (Å²) in [7, 11) is 0. The van der Waals surface area contributed by atoms with Crippen molar-refractivity contribution in [2.45, 2.75) is 71.1 Å². The summed E-state index contributed by atoms with van der Waals surface area (Å²) in [5.74, 6) is -4.45. The van der Waals surface area contributed by atoms with Crippen LogP contribution >= 0.6 is 12.6 Å². The predicted octanol–water partition coefficient (Wildman–Crippen LogP) is -1.25. The molecule has 11 nitrogen and oxygen atoms in total. The summed E-state index contributed by atoms with van der Waals surface area (Å²) in [6, 6.07) is -4.26.